The fourth-order valence-corrected chi connectivity index (χ4v) is 2.94. The third-order valence-electron chi connectivity index (χ3n) is 4.36. The van der Waals surface area contributed by atoms with Crippen molar-refractivity contribution >= 4 is 22.5 Å². The van der Waals surface area contributed by atoms with Gasteiger partial charge in [-0.1, -0.05) is 42.5 Å². The minimum absolute atomic E-state index is 0.205. The summed E-state index contributed by atoms with van der Waals surface area (Å²) in [5.41, 5.74) is 0.250. The minimum Gasteiger partial charge on any atom is -0.388 e. The molecule has 3 aromatic carbocycles. The molecule has 0 bridgehead atoms. The zero-order valence-electron chi connectivity index (χ0n) is 14.8. The number of benzene rings is 3. The molecule has 28 heavy (non-hydrogen) atoms. The summed E-state index contributed by atoms with van der Waals surface area (Å²) in [6.45, 7) is 0.205. The van der Waals surface area contributed by atoms with E-state index < -0.39 is 23.9 Å². The van der Waals surface area contributed by atoms with E-state index in [9.17, 15) is 23.1 Å². The van der Waals surface area contributed by atoms with E-state index in [2.05, 4.69) is 10.6 Å². The molecule has 7 heteroatoms. The van der Waals surface area contributed by atoms with Crippen LogP contribution in [-0.2, 0) is 6.18 Å². The maximum atomic E-state index is 12.5. The SMILES string of the molecule is O=C(NCC[C@@H](O)c1cccc2ccccc12)Nc1ccc(C(F)(F)F)cc1. The molecule has 0 aliphatic rings. The Hall–Kier alpha value is -3.06. The highest BCUT2D eigenvalue weighted by molar-refractivity contribution is 5.89. The van der Waals surface area contributed by atoms with E-state index in [0.29, 0.717) is 6.42 Å². The number of carbonyl (C=O) groups is 1. The number of aliphatic hydroxyl groups is 1. The highest BCUT2D eigenvalue weighted by Crippen LogP contribution is 2.30. The van der Waals surface area contributed by atoms with Crippen LogP contribution in [0.25, 0.3) is 10.8 Å². The predicted octanol–water partition coefficient (Wildman–Crippen LogP) is 5.10. The average molecular weight is 388 g/mol. The number of hydrogen-bond donors (Lipinski definition) is 3. The Labute approximate surface area is 160 Å². The molecular weight excluding hydrogens is 369 g/mol. The van der Waals surface area contributed by atoms with E-state index in [1.807, 2.05) is 42.5 Å². The number of amides is 2. The van der Waals surface area contributed by atoms with E-state index in [1.165, 1.54) is 12.1 Å². The fourth-order valence-electron chi connectivity index (χ4n) is 2.94. The molecule has 1 atom stereocenters. The summed E-state index contributed by atoms with van der Waals surface area (Å²) >= 11 is 0. The Morgan fingerprint density at radius 3 is 2.36 bits per heavy atom. The van der Waals surface area contributed by atoms with Gasteiger partial charge in [-0.2, -0.15) is 13.2 Å². The van der Waals surface area contributed by atoms with Gasteiger partial charge in [-0.15, -0.1) is 0 Å². The van der Waals surface area contributed by atoms with Gasteiger partial charge in [0.05, 0.1) is 11.7 Å². The van der Waals surface area contributed by atoms with Crippen LogP contribution in [0, 0.1) is 0 Å². The smallest absolute Gasteiger partial charge is 0.388 e. The molecule has 4 nitrogen and oxygen atoms in total. The van der Waals surface area contributed by atoms with Crippen LogP contribution in [0.2, 0.25) is 0 Å². The zero-order valence-corrected chi connectivity index (χ0v) is 14.8. The van der Waals surface area contributed by atoms with Crippen LogP contribution in [0.3, 0.4) is 0 Å². The van der Waals surface area contributed by atoms with Crippen molar-refractivity contribution in [3.63, 3.8) is 0 Å². The number of fused-ring (bicyclic) bond motifs is 1. The van der Waals surface area contributed by atoms with Gasteiger partial charge in [0.15, 0.2) is 0 Å². The van der Waals surface area contributed by atoms with Crippen LogP contribution in [0.15, 0.2) is 66.7 Å². The van der Waals surface area contributed by atoms with Crippen molar-refractivity contribution < 1.29 is 23.1 Å². The molecule has 2 amide bonds. The largest absolute Gasteiger partial charge is 0.416 e. The van der Waals surface area contributed by atoms with Gasteiger partial charge in [0.25, 0.3) is 0 Å². The molecule has 3 rings (SSSR count). The van der Waals surface area contributed by atoms with Crippen LogP contribution in [0.1, 0.15) is 23.7 Å². The summed E-state index contributed by atoms with van der Waals surface area (Å²) in [4.78, 5) is 11.9. The summed E-state index contributed by atoms with van der Waals surface area (Å²) in [5.74, 6) is 0. The second kappa shape index (κ2) is 8.31. The van der Waals surface area contributed by atoms with Gasteiger partial charge in [-0.05, 0) is 47.0 Å². The van der Waals surface area contributed by atoms with Gasteiger partial charge in [-0.25, -0.2) is 4.79 Å². The predicted molar refractivity (Wildman–Crippen MR) is 102 cm³/mol. The lowest BCUT2D eigenvalue weighted by Crippen LogP contribution is -2.30. The molecule has 146 valence electrons. The zero-order chi connectivity index (χ0) is 20.1. The number of halogens is 3. The van der Waals surface area contributed by atoms with Gasteiger partial charge >= 0.3 is 12.2 Å². The molecule has 0 saturated carbocycles. The third-order valence-corrected chi connectivity index (χ3v) is 4.36. The number of carbonyl (C=O) groups excluding carboxylic acids is 1. The normalized spacial score (nSPS) is 12.6. The Morgan fingerprint density at radius 1 is 0.964 bits per heavy atom. The van der Waals surface area contributed by atoms with Gasteiger partial charge in [0.1, 0.15) is 0 Å². The number of rotatable bonds is 5. The fraction of sp³-hybridized carbons (Fsp3) is 0.190. The molecule has 0 aromatic heterocycles. The van der Waals surface area contributed by atoms with Crippen LogP contribution in [-0.4, -0.2) is 17.7 Å². The van der Waals surface area contributed by atoms with E-state index in [1.54, 1.807) is 0 Å². The first kappa shape index (κ1) is 19.7. The van der Waals surface area contributed by atoms with E-state index in [0.717, 1.165) is 28.5 Å². The van der Waals surface area contributed by atoms with Gasteiger partial charge in [0.2, 0.25) is 0 Å². The van der Waals surface area contributed by atoms with Crippen LogP contribution < -0.4 is 10.6 Å². The first-order valence-corrected chi connectivity index (χ1v) is 8.72. The van der Waals surface area contributed by atoms with Crippen molar-refractivity contribution in [3.8, 4) is 0 Å². The molecule has 0 aliphatic carbocycles. The lowest BCUT2D eigenvalue weighted by Gasteiger charge is -2.15. The molecule has 0 heterocycles. The molecule has 3 aromatic rings. The highest BCUT2D eigenvalue weighted by Gasteiger charge is 2.29. The molecule has 0 saturated heterocycles. The lowest BCUT2D eigenvalue weighted by molar-refractivity contribution is -0.137. The third kappa shape index (κ3) is 4.80. The number of alkyl halides is 3. The minimum atomic E-state index is -4.42. The van der Waals surface area contributed by atoms with Gasteiger partial charge in [0, 0.05) is 12.2 Å². The Morgan fingerprint density at radius 2 is 1.64 bits per heavy atom. The molecular formula is C21H19F3N2O2. The van der Waals surface area contributed by atoms with Crippen molar-refractivity contribution in [2.45, 2.75) is 18.7 Å². The molecule has 0 aliphatic heterocycles. The van der Waals surface area contributed by atoms with Crippen molar-refractivity contribution in [1.29, 1.82) is 0 Å². The van der Waals surface area contributed by atoms with E-state index in [-0.39, 0.29) is 12.2 Å². The number of aliphatic hydroxyl groups excluding tert-OH is 1. The maximum absolute atomic E-state index is 12.5. The van der Waals surface area contributed by atoms with Crippen molar-refractivity contribution in [2.75, 3.05) is 11.9 Å². The Bertz CT molecular complexity index is 951. The average Bonchev–Trinajstić information content (AvgIpc) is 2.67. The summed E-state index contributed by atoms with van der Waals surface area (Å²) < 4.78 is 37.6. The van der Waals surface area contributed by atoms with Crippen LogP contribution in [0.5, 0.6) is 0 Å². The number of hydrogen-bond acceptors (Lipinski definition) is 2. The second-order valence-corrected chi connectivity index (χ2v) is 6.33. The Kier molecular flexibility index (Phi) is 5.84. The summed E-state index contributed by atoms with van der Waals surface area (Å²) in [5, 5.41) is 17.5. The second-order valence-electron chi connectivity index (χ2n) is 6.33. The molecule has 0 spiro atoms. The van der Waals surface area contributed by atoms with E-state index in [4.69, 9.17) is 0 Å². The summed E-state index contributed by atoms with van der Waals surface area (Å²) in [6, 6.07) is 17.0. The van der Waals surface area contributed by atoms with Gasteiger partial charge < -0.3 is 15.7 Å². The molecule has 0 radical (unpaired) electrons. The first-order chi connectivity index (χ1) is 13.3. The van der Waals surface area contributed by atoms with Crippen molar-refractivity contribution in [2.24, 2.45) is 0 Å². The monoisotopic (exact) mass is 388 g/mol. The molecule has 3 N–H and O–H groups in total. The topological polar surface area (TPSA) is 61.4 Å². The Balaban J connectivity index is 1.52. The molecule has 0 unspecified atom stereocenters. The quantitative estimate of drug-likeness (QED) is 0.569. The van der Waals surface area contributed by atoms with Crippen LogP contribution >= 0.6 is 0 Å². The maximum Gasteiger partial charge on any atom is 0.416 e. The number of anilines is 1. The summed E-state index contributed by atoms with van der Waals surface area (Å²) in [6.07, 6.45) is -4.87. The summed E-state index contributed by atoms with van der Waals surface area (Å²) in [7, 11) is 0. The highest BCUT2D eigenvalue weighted by atomic mass is 19.4. The van der Waals surface area contributed by atoms with Crippen molar-refractivity contribution in [3.05, 3.63) is 77.9 Å². The molecule has 0 fully saturated rings. The number of nitrogens with one attached hydrogen (secondary N) is 2. The first-order valence-electron chi connectivity index (χ1n) is 8.72. The lowest BCUT2D eigenvalue weighted by atomic mass is 9.99. The van der Waals surface area contributed by atoms with Crippen LogP contribution in [0.4, 0.5) is 23.7 Å². The number of urea groups is 1. The van der Waals surface area contributed by atoms with E-state index >= 15 is 0 Å². The van der Waals surface area contributed by atoms with Crippen molar-refractivity contribution in [1.82, 2.24) is 5.32 Å². The van der Waals surface area contributed by atoms with Gasteiger partial charge in [-0.3, -0.25) is 0 Å². The standard InChI is InChI=1S/C21H19F3N2O2/c22-21(23,24)15-8-10-16(11-9-15)26-20(28)25-13-12-19(27)18-7-3-5-14-4-1-2-6-17(14)18/h1-11,19,27H,12-13H2,(H2,25,26,28)/t19-/m1/s1.